The predicted molar refractivity (Wildman–Crippen MR) is 64.9 cm³/mol. The highest BCUT2D eigenvalue weighted by Crippen LogP contribution is 2.31. The first-order valence-electron chi connectivity index (χ1n) is 5.96. The van der Waals surface area contributed by atoms with Crippen molar-refractivity contribution in [2.45, 2.75) is 20.0 Å². The summed E-state index contributed by atoms with van der Waals surface area (Å²) < 4.78 is 42.5. The van der Waals surface area contributed by atoms with Gasteiger partial charge in [0.2, 0.25) is 0 Å². The Morgan fingerprint density at radius 3 is 2.42 bits per heavy atom. The van der Waals surface area contributed by atoms with Gasteiger partial charge < -0.3 is 9.64 Å². The van der Waals surface area contributed by atoms with Crippen LogP contribution >= 0.6 is 0 Å². The summed E-state index contributed by atoms with van der Waals surface area (Å²) in [6, 6.07) is 4.49. The normalized spacial score (nSPS) is 11.2. The smallest absolute Gasteiger partial charge is 0.416 e. The first-order valence-corrected chi connectivity index (χ1v) is 5.96. The predicted octanol–water partition coefficient (Wildman–Crippen LogP) is 2.95. The van der Waals surface area contributed by atoms with E-state index in [2.05, 4.69) is 0 Å². The van der Waals surface area contributed by atoms with Crippen molar-refractivity contribution in [2.24, 2.45) is 0 Å². The van der Waals surface area contributed by atoms with Crippen LogP contribution in [0.25, 0.3) is 0 Å². The van der Waals surface area contributed by atoms with E-state index in [1.807, 2.05) is 13.8 Å². The number of carbonyl (C=O) groups excluding carboxylic acids is 1. The SMILES string of the molecule is CCN(CC)C(=O)COc1cccc(C(F)(F)F)c1. The summed E-state index contributed by atoms with van der Waals surface area (Å²) in [7, 11) is 0. The average molecular weight is 275 g/mol. The summed E-state index contributed by atoms with van der Waals surface area (Å²) in [4.78, 5) is 13.2. The number of alkyl halides is 3. The second-order valence-electron chi connectivity index (χ2n) is 3.88. The number of rotatable bonds is 5. The Morgan fingerprint density at radius 2 is 1.89 bits per heavy atom. The average Bonchev–Trinajstić information content (AvgIpc) is 2.37. The molecular formula is C13H16F3NO2. The molecule has 1 aromatic carbocycles. The van der Waals surface area contributed by atoms with Crippen molar-refractivity contribution in [3.8, 4) is 5.75 Å². The second-order valence-corrected chi connectivity index (χ2v) is 3.88. The van der Waals surface area contributed by atoms with Crippen molar-refractivity contribution in [3.05, 3.63) is 29.8 Å². The molecule has 0 saturated carbocycles. The Morgan fingerprint density at radius 1 is 1.26 bits per heavy atom. The molecular weight excluding hydrogens is 259 g/mol. The molecule has 1 rings (SSSR count). The molecule has 0 saturated heterocycles. The van der Waals surface area contributed by atoms with Gasteiger partial charge in [-0.3, -0.25) is 4.79 Å². The first kappa shape index (κ1) is 15.3. The quantitative estimate of drug-likeness (QED) is 0.827. The van der Waals surface area contributed by atoms with E-state index in [0.29, 0.717) is 13.1 Å². The molecule has 0 bridgehead atoms. The Labute approximate surface area is 110 Å². The molecule has 0 aliphatic carbocycles. The summed E-state index contributed by atoms with van der Waals surface area (Å²) >= 11 is 0. The van der Waals surface area contributed by atoms with Crippen molar-refractivity contribution in [1.82, 2.24) is 4.90 Å². The van der Waals surface area contributed by atoms with Crippen LogP contribution in [-0.4, -0.2) is 30.5 Å². The third-order valence-electron chi connectivity index (χ3n) is 2.64. The van der Waals surface area contributed by atoms with Gasteiger partial charge in [0.15, 0.2) is 6.61 Å². The van der Waals surface area contributed by atoms with Crippen LogP contribution in [-0.2, 0) is 11.0 Å². The highest BCUT2D eigenvalue weighted by molar-refractivity contribution is 5.77. The zero-order valence-electron chi connectivity index (χ0n) is 10.8. The zero-order valence-corrected chi connectivity index (χ0v) is 10.8. The molecule has 0 heterocycles. The van der Waals surface area contributed by atoms with Gasteiger partial charge in [-0.05, 0) is 32.0 Å². The monoisotopic (exact) mass is 275 g/mol. The lowest BCUT2D eigenvalue weighted by Gasteiger charge is -2.18. The van der Waals surface area contributed by atoms with E-state index >= 15 is 0 Å². The van der Waals surface area contributed by atoms with Crippen molar-refractivity contribution < 1.29 is 22.7 Å². The van der Waals surface area contributed by atoms with Crippen LogP contribution in [0.5, 0.6) is 5.75 Å². The maximum Gasteiger partial charge on any atom is 0.416 e. The van der Waals surface area contributed by atoms with E-state index in [4.69, 9.17) is 4.74 Å². The maximum absolute atomic E-state index is 12.5. The van der Waals surface area contributed by atoms with E-state index in [1.54, 1.807) is 4.90 Å². The van der Waals surface area contributed by atoms with Gasteiger partial charge in [0.05, 0.1) is 5.56 Å². The first-order chi connectivity index (χ1) is 8.88. The number of nitrogens with zero attached hydrogens (tertiary/aromatic N) is 1. The highest BCUT2D eigenvalue weighted by atomic mass is 19.4. The number of ether oxygens (including phenoxy) is 1. The molecule has 0 radical (unpaired) electrons. The molecule has 0 aromatic heterocycles. The number of hydrogen-bond donors (Lipinski definition) is 0. The minimum atomic E-state index is -4.41. The Balaban J connectivity index is 2.66. The molecule has 106 valence electrons. The number of amides is 1. The molecule has 0 N–H and O–H groups in total. The maximum atomic E-state index is 12.5. The van der Waals surface area contributed by atoms with Crippen LogP contribution in [0, 0.1) is 0 Å². The van der Waals surface area contributed by atoms with Gasteiger partial charge in [-0.1, -0.05) is 6.07 Å². The third-order valence-corrected chi connectivity index (χ3v) is 2.64. The number of halogens is 3. The summed E-state index contributed by atoms with van der Waals surface area (Å²) in [5.41, 5.74) is -0.791. The van der Waals surface area contributed by atoms with Gasteiger partial charge in [-0.2, -0.15) is 13.2 Å². The van der Waals surface area contributed by atoms with Crippen molar-refractivity contribution >= 4 is 5.91 Å². The Hall–Kier alpha value is -1.72. The van der Waals surface area contributed by atoms with Crippen LogP contribution < -0.4 is 4.74 Å². The van der Waals surface area contributed by atoms with Crippen LogP contribution in [0.3, 0.4) is 0 Å². The number of carbonyl (C=O) groups is 1. The molecule has 0 fully saturated rings. The van der Waals surface area contributed by atoms with E-state index in [-0.39, 0.29) is 18.3 Å². The van der Waals surface area contributed by atoms with Crippen molar-refractivity contribution in [1.29, 1.82) is 0 Å². The fourth-order valence-corrected chi connectivity index (χ4v) is 1.57. The topological polar surface area (TPSA) is 29.5 Å². The molecule has 0 atom stereocenters. The lowest BCUT2D eigenvalue weighted by Crippen LogP contribution is -2.34. The van der Waals surface area contributed by atoms with Gasteiger partial charge in [0, 0.05) is 13.1 Å². The van der Waals surface area contributed by atoms with Crippen molar-refractivity contribution in [3.63, 3.8) is 0 Å². The van der Waals surface area contributed by atoms with Crippen LogP contribution in [0.4, 0.5) is 13.2 Å². The lowest BCUT2D eigenvalue weighted by atomic mass is 10.2. The number of hydrogen-bond acceptors (Lipinski definition) is 2. The molecule has 0 aliphatic rings. The molecule has 6 heteroatoms. The van der Waals surface area contributed by atoms with Gasteiger partial charge in [-0.15, -0.1) is 0 Å². The van der Waals surface area contributed by atoms with E-state index in [1.165, 1.54) is 12.1 Å². The standard InChI is InChI=1S/C13H16F3NO2/c1-3-17(4-2)12(18)9-19-11-7-5-6-10(8-11)13(14,15)16/h5-8H,3-4,9H2,1-2H3. The van der Waals surface area contributed by atoms with E-state index in [9.17, 15) is 18.0 Å². The number of likely N-dealkylation sites (N-methyl/N-ethyl adjacent to an activating group) is 1. The van der Waals surface area contributed by atoms with Gasteiger partial charge in [0.25, 0.3) is 5.91 Å². The van der Waals surface area contributed by atoms with Gasteiger partial charge in [0.1, 0.15) is 5.75 Å². The zero-order chi connectivity index (χ0) is 14.5. The van der Waals surface area contributed by atoms with Crippen LogP contribution in [0.2, 0.25) is 0 Å². The summed E-state index contributed by atoms with van der Waals surface area (Å²) in [6.07, 6.45) is -4.41. The third kappa shape index (κ3) is 4.46. The summed E-state index contributed by atoms with van der Waals surface area (Å²) in [6.45, 7) is 4.48. The summed E-state index contributed by atoms with van der Waals surface area (Å²) in [5.74, 6) is -0.210. The second kappa shape index (κ2) is 6.45. The van der Waals surface area contributed by atoms with Gasteiger partial charge in [-0.25, -0.2) is 0 Å². The number of benzene rings is 1. The van der Waals surface area contributed by atoms with Crippen LogP contribution in [0.15, 0.2) is 24.3 Å². The Bertz CT molecular complexity index is 428. The molecule has 1 aromatic rings. The van der Waals surface area contributed by atoms with E-state index < -0.39 is 11.7 Å². The Kier molecular flexibility index (Phi) is 5.20. The van der Waals surface area contributed by atoms with Gasteiger partial charge >= 0.3 is 6.18 Å². The fraction of sp³-hybridized carbons (Fsp3) is 0.462. The molecule has 1 amide bonds. The van der Waals surface area contributed by atoms with E-state index in [0.717, 1.165) is 12.1 Å². The summed E-state index contributed by atoms with van der Waals surface area (Å²) in [5, 5.41) is 0. The molecule has 0 spiro atoms. The van der Waals surface area contributed by atoms with Crippen LogP contribution in [0.1, 0.15) is 19.4 Å². The molecule has 19 heavy (non-hydrogen) atoms. The molecule has 0 unspecified atom stereocenters. The molecule has 3 nitrogen and oxygen atoms in total. The van der Waals surface area contributed by atoms with Crippen molar-refractivity contribution in [2.75, 3.05) is 19.7 Å². The highest BCUT2D eigenvalue weighted by Gasteiger charge is 2.30. The fourth-order valence-electron chi connectivity index (χ4n) is 1.57. The molecule has 0 aliphatic heterocycles. The minimum Gasteiger partial charge on any atom is -0.484 e. The minimum absolute atomic E-state index is 0.0373. The largest absolute Gasteiger partial charge is 0.484 e. The lowest BCUT2D eigenvalue weighted by molar-refractivity contribution is -0.137.